The van der Waals surface area contributed by atoms with E-state index >= 15 is 0 Å². The molecule has 0 saturated heterocycles. The Labute approximate surface area is 286 Å². The van der Waals surface area contributed by atoms with Crippen LogP contribution in [0.1, 0.15) is 187 Å². The Morgan fingerprint density at radius 2 is 0.978 bits per heavy atom. The third kappa shape index (κ3) is 36.8. The number of carbonyl (C=O) groups is 1. The van der Waals surface area contributed by atoms with E-state index in [0.717, 1.165) is 44.9 Å². The van der Waals surface area contributed by atoms with E-state index in [0.29, 0.717) is 19.6 Å². The van der Waals surface area contributed by atoms with E-state index < -0.39 is 6.10 Å². The number of ether oxygens (including phenoxy) is 2. The summed E-state index contributed by atoms with van der Waals surface area (Å²) in [6.07, 6.45) is 50.2. The van der Waals surface area contributed by atoms with Crippen molar-refractivity contribution in [1.29, 1.82) is 0 Å². The first-order valence-corrected chi connectivity index (χ1v) is 19.7. The van der Waals surface area contributed by atoms with Gasteiger partial charge < -0.3 is 14.6 Å². The summed E-state index contributed by atoms with van der Waals surface area (Å²) in [6.45, 7) is 5.22. The first kappa shape index (κ1) is 44.4. The average Bonchev–Trinajstić information content (AvgIpc) is 3.06. The van der Waals surface area contributed by atoms with Gasteiger partial charge in [-0.05, 0) is 51.4 Å². The lowest BCUT2D eigenvalue weighted by molar-refractivity contribution is -0.154. The number of esters is 1. The first-order chi connectivity index (χ1) is 22.7. The minimum absolute atomic E-state index is 0.173. The van der Waals surface area contributed by atoms with Gasteiger partial charge in [0.25, 0.3) is 0 Å². The fourth-order valence-corrected chi connectivity index (χ4v) is 5.50. The van der Waals surface area contributed by atoms with Gasteiger partial charge >= 0.3 is 5.97 Å². The van der Waals surface area contributed by atoms with Crippen LogP contribution in [0.25, 0.3) is 0 Å². The Morgan fingerprint density at radius 3 is 1.48 bits per heavy atom. The Bertz CT molecular complexity index is 723. The van der Waals surface area contributed by atoms with Crippen LogP contribution in [0.2, 0.25) is 0 Å². The molecule has 46 heavy (non-hydrogen) atoms. The molecule has 4 nitrogen and oxygen atoms in total. The molecule has 0 rings (SSSR count). The summed E-state index contributed by atoms with van der Waals surface area (Å²) in [7, 11) is 0. The summed E-state index contributed by atoms with van der Waals surface area (Å²) in [5.41, 5.74) is 0. The van der Waals surface area contributed by atoms with Crippen molar-refractivity contribution in [3.8, 4) is 0 Å². The molecule has 1 unspecified atom stereocenters. The highest BCUT2D eigenvalue weighted by molar-refractivity contribution is 5.69. The van der Waals surface area contributed by atoms with E-state index in [1.807, 2.05) is 0 Å². The number of hydrogen-bond acceptors (Lipinski definition) is 4. The number of aliphatic hydroxyl groups excluding tert-OH is 1. The Balaban J connectivity index is 3.44. The van der Waals surface area contributed by atoms with E-state index in [2.05, 4.69) is 62.5 Å². The minimum Gasteiger partial charge on any atom is -0.457 e. The summed E-state index contributed by atoms with van der Waals surface area (Å²) in [6, 6.07) is 0. The highest BCUT2D eigenvalue weighted by Gasteiger charge is 2.13. The molecule has 0 radical (unpaired) electrons. The molecule has 0 saturated carbocycles. The summed E-state index contributed by atoms with van der Waals surface area (Å²) < 4.78 is 11.1. The lowest BCUT2D eigenvalue weighted by Gasteiger charge is -2.16. The lowest BCUT2D eigenvalue weighted by atomic mass is 10.0. The average molecular weight is 645 g/mol. The van der Waals surface area contributed by atoms with Crippen LogP contribution in [0, 0.1) is 0 Å². The van der Waals surface area contributed by atoms with Gasteiger partial charge in [0.15, 0.2) is 0 Å². The zero-order valence-corrected chi connectivity index (χ0v) is 30.6. The molecular weight excluding hydrogens is 568 g/mol. The van der Waals surface area contributed by atoms with E-state index in [1.165, 1.54) is 122 Å². The second-order valence-corrected chi connectivity index (χ2v) is 13.0. The molecule has 0 amide bonds. The summed E-state index contributed by atoms with van der Waals surface area (Å²) in [4.78, 5) is 12.1. The second-order valence-electron chi connectivity index (χ2n) is 13.0. The number of allylic oxidation sites excluding steroid dienone is 8. The van der Waals surface area contributed by atoms with Crippen molar-refractivity contribution in [2.75, 3.05) is 19.8 Å². The number of hydrogen-bond donors (Lipinski definition) is 1. The maximum atomic E-state index is 12.1. The summed E-state index contributed by atoms with van der Waals surface area (Å²) in [5, 5.41) is 9.56. The van der Waals surface area contributed by atoms with Gasteiger partial charge in [-0.15, -0.1) is 0 Å². The zero-order chi connectivity index (χ0) is 33.4. The standard InChI is InChI=1S/C42H76O4/c1-3-5-7-9-11-13-15-17-18-19-20-21-22-23-24-25-26-28-30-32-34-36-38-45-40-41(39-43)46-42(44)37-35-33-31-29-27-16-14-12-10-8-6-4-2/h5,7,11,13,17-18,20-21,41,43H,3-4,6,8-10,12,14-16,19,22-40H2,1-2H3/b7-5-,13-11-,18-17-,21-20-. The highest BCUT2D eigenvalue weighted by atomic mass is 16.6. The van der Waals surface area contributed by atoms with Crippen molar-refractivity contribution in [2.24, 2.45) is 0 Å². The minimum atomic E-state index is -0.535. The Kier molecular flexibility index (Phi) is 38.1. The van der Waals surface area contributed by atoms with Gasteiger partial charge in [-0.25, -0.2) is 0 Å². The van der Waals surface area contributed by atoms with Crippen LogP contribution < -0.4 is 0 Å². The van der Waals surface area contributed by atoms with Crippen molar-refractivity contribution in [3.05, 3.63) is 48.6 Å². The second kappa shape index (κ2) is 39.5. The molecule has 0 bridgehead atoms. The molecule has 0 heterocycles. The number of unbranched alkanes of at least 4 members (excludes halogenated alkanes) is 20. The molecular formula is C42H76O4. The van der Waals surface area contributed by atoms with Gasteiger partial charge in [-0.3, -0.25) is 4.79 Å². The van der Waals surface area contributed by atoms with Gasteiger partial charge in [0.05, 0.1) is 13.2 Å². The fourth-order valence-electron chi connectivity index (χ4n) is 5.50. The zero-order valence-electron chi connectivity index (χ0n) is 30.6. The van der Waals surface area contributed by atoms with Crippen LogP contribution in [0.3, 0.4) is 0 Å². The number of aliphatic hydroxyl groups is 1. The SMILES string of the molecule is CC/C=C\C/C=C\C/C=C\C/C=C\CCCCCCCCCCCOCC(CO)OC(=O)CCCCCCCCCCCCCC. The smallest absolute Gasteiger partial charge is 0.306 e. The molecule has 1 atom stereocenters. The van der Waals surface area contributed by atoms with Gasteiger partial charge in [-0.1, -0.05) is 178 Å². The van der Waals surface area contributed by atoms with E-state index in [4.69, 9.17) is 9.47 Å². The summed E-state index contributed by atoms with van der Waals surface area (Å²) >= 11 is 0. The normalized spacial score (nSPS) is 12.8. The van der Waals surface area contributed by atoms with E-state index in [1.54, 1.807) is 0 Å². The highest BCUT2D eigenvalue weighted by Crippen LogP contribution is 2.14. The molecule has 1 N–H and O–H groups in total. The predicted octanol–water partition coefficient (Wildman–Crippen LogP) is 12.7. The molecule has 0 fully saturated rings. The van der Waals surface area contributed by atoms with Crippen LogP contribution in [0.15, 0.2) is 48.6 Å². The van der Waals surface area contributed by atoms with Gasteiger partial charge in [0.1, 0.15) is 6.10 Å². The number of rotatable bonds is 36. The Hall–Kier alpha value is -1.65. The largest absolute Gasteiger partial charge is 0.457 e. The maximum absolute atomic E-state index is 12.1. The molecule has 0 aliphatic carbocycles. The molecule has 0 aliphatic rings. The molecule has 0 aromatic rings. The van der Waals surface area contributed by atoms with E-state index in [-0.39, 0.29) is 12.6 Å². The van der Waals surface area contributed by atoms with Crippen LogP contribution in [-0.4, -0.2) is 37.0 Å². The topological polar surface area (TPSA) is 55.8 Å². The molecule has 0 aliphatic heterocycles. The maximum Gasteiger partial charge on any atom is 0.306 e. The molecule has 4 heteroatoms. The molecule has 0 spiro atoms. The van der Waals surface area contributed by atoms with Gasteiger partial charge in [-0.2, -0.15) is 0 Å². The molecule has 0 aromatic carbocycles. The predicted molar refractivity (Wildman–Crippen MR) is 200 cm³/mol. The third-order valence-corrected chi connectivity index (χ3v) is 8.42. The van der Waals surface area contributed by atoms with E-state index in [9.17, 15) is 9.90 Å². The Morgan fingerprint density at radius 1 is 0.543 bits per heavy atom. The quantitative estimate of drug-likeness (QED) is 0.0419. The van der Waals surface area contributed by atoms with Crippen molar-refractivity contribution >= 4 is 5.97 Å². The molecule has 0 aromatic heterocycles. The molecule has 268 valence electrons. The van der Waals surface area contributed by atoms with Crippen molar-refractivity contribution < 1.29 is 19.4 Å². The van der Waals surface area contributed by atoms with Crippen LogP contribution >= 0.6 is 0 Å². The summed E-state index contributed by atoms with van der Waals surface area (Å²) in [5.74, 6) is -0.204. The van der Waals surface area contributed by atoms with Crippen LogP contribution in [0.4, 0.5) is 0 Å². The van der Waals surface area contributed by atoms with Crippen molar-refractivity contribution in [2.45, 2.75) is 193 Å². The van der Waals surface area contributed by atoms with Crippen molar-refractivity contribution in [1.82, 2.24) is 0 Å². The lowest BCUT2D eigenvalue weighted by Crippen LogP contribution is -2.27. The van der Waals surface area contributed by atoms with Crippen LogP contribution in [0.5, 0.6) is 0 Å². The van der Waals surface area contributed by atoms with Crippen molar-refractivity contribution in [3.63, 3.8) is 0 Å². The van der Waals surface area contributed by atoms with Gasteiger partial charge in [0.2, 0.25) is 0 Å². The fraction of sp³-hybridized carbons (Fsp3) is 0.786. The van der Waals surface area contributed by atoms with Crippen LogP contribution in [-0.2, 0) is 14.3 Å². The first-order valence-electron chi connectivity index (χ1n) is 19.7. The van der Waals surface area contributed by atoms with Gasteiger partial charge in [0, 0.05) is 13.0 Å². The number of carbonyl (C=O) groups excluding carboxylic acids is 1. The monoisotopic (exact) mass is 645 g/mol. The third-order valence-electron chi connectivity index (χ3n) is 8.42.